The zero-order valence-electron chi connectivity index (χ0n) is 13.6. The normalized spacial score (nSPS) is 22.2. The highest BCUT2D eigenvalue weighted by Gasteiger charge is 2.31. The number of hydrogen-bond acceptors (Lipinski definition) is 3. The Balaban J connectivity index is 0.00000242. The van der Waals surface area contributed by atoms with Crippen molar-refractivity contribution in [1.29, 1.82) is 0 Å². The van der Waals surface area contributed by atoms with E-state index in [1.807, 2.05) is 4.90 Å². The number of likely N-dealkylation sites (tertiary alicyclic amines) is 1. The molecule has 5 nitrogen and oxygen atoms in total. The molecule has 2 rings (SSSR count). The summed E-state index contributed by atoms with van der Waals surface area (Å²) in [5.74, 6) is 0.499. The molecule has 2 heterocycles. The molecule has 1 unspecified atom stereocenters. The molecule has 128 valence electrons. The Labute approximate surface area is 140 Å². The van der Waals surface area contributed by atoms with Crippen molar-refractivity contribution >= 4 is 24.2 Å². The van der Waals surface area contributed by atoms with E-state index in [4.69, 9.17) is 0 Å². The molecule has 0 radical (unpaired) electrons. The lowest BCUT2D eigenvalue weighted by Crippen LogP contribution is -2.48. The second-order valence-corrected chi connectivity index (χ2v) is 6.25. The van der Waals surface area contributed by atoms with E-state index in [-0.39, 0.29) is 36.2 Å². The topological polar surface area (TPSA) is 61.4 Å². The minimum atomic E-state index is 0. The summed E-state index contributed by atoms with van der Waals surface area (Å²) in [6.45, 7) is 5.35. The minimum Gasteiger partial charge on any atom is -0.356 e. The molecule has 6 heteroatoms. The van der Waals surface area contributed by atoms with Gasteiger partial charge in [0.1, 0.15) is 0 Å². The van der Waals surface area contributed by atoms with Gasteiger partial charge in [-0.05, 0) is 38.6 Å². The van der Waals surface area contributed by atoms with E-state index in [0.29, 0.717) is 0 Å². The van der Waals surface area contributed by atoms with Crippen molar-refractivity contribution in [2.75, 3.05) is 26.2 Å². The highest BCUT2D eigenvalue weighted by molar-refractivity contribution is 5.85. The van der Waals surface area contributed by atoms with E-state index in [0.717, 1.165) is 58.3 Å². The Hall–Kier alpha value is -0.810. The molecule has 0 aromatic rings. The molecule has 0 spiro atoms. The summed E-state index contributed by atoms with van der Waals surface area (Å²) in [5, 5.41) is 6.29. The predicted molar refractivity (Wildman–Crippen MR) is 90.1 cm³/mol. The third-order valence-electron chi connectivity index (χ3n) is 4.62. The van der Waals surface area contributed by atoms with E-state index in [2.05, 4.69) is 17.6 Å². The third-order valence-corrected chi connectivity index (χ3v) is 4.62. The maximum Gasteiger partial charge on any atom is 0.239 e. The molecule has 2 amide bonds. The van der Waals surface area contributed by atoms with Crippen LogP contribution in [0.2, 0.25) is 0 Å². The minimum absolute atomic E-state index is 0. The Kier molecular flexibility index (Phi) is 8.79. The highest BCUT2D eigenvalue weighted by atomic mass is 35.5. The number of carbonyl (C=O) groups is 2. The van der Waals surface area contributed by atoms with E-state index >= 15 is 0 Å². The Morgan fingerprint density at radius 3 is 2.50 bits per heavy atom. The molecule has 0 aliphatic carbocycles. The van der Waals surface area contributed by atoms with Gasteiger partial charge in [-0.15, -0.1) is 12.4 Å². The van der Waals surface area contributed by atoms with Crippen LogP contribution in [0.5, 0.6) is 0 Å². The lowest BCUT2D eigenvalue weighted by Gasteiger charge is -2.33. The number of piperidine rings is 1. The fourth-order valence-electron chi connectivity index (χ4n) is 3.21. The summed E-state index contributed by atoms with van der Waals surface area (Å²) in [7, 11) is 0. The second kappa shape index (κ2) is 10.1. The fourth-order valence-corrected chi connectivity index (χ4v) is 3.21. The molecule has 2 saturated heterocycles. The van der Waals surface area contributed by atoms with Crippen LogP contribution in [0.15, 0.2) is 0 Å². The van der Waals surface area contributed by atoms with Gasteiger partial charge in [-0.1, -0.05) is 19.8 Å². The summed E-state index contributed by atoms with van der Waals surface area (Å²) in [4.78, 5) is 26.3. The quantitative estimate of drug-likeness (QED) is 0.728. The molecule has 0 aromatic heterocycles. The van der Waals surface area contributed by atoms with Crippen LogP contribution in [0.1, 0.15) is 51.9 Å². The van der Waals surface area contributed by atoms with Gasteiger partial charge in [0.25, 0.3) is 0 Å². The van der Waals surface area contributed by atoms with Crippen molar-refractivity contribution in [3.05, 3.63) is 0 Å². The van der Waals surface area contributed by atoms with Crippen LogP contribution in [-0.4, -0.2) is 48.9 Å². The Morgan fingerprint density at radius 2 is 1.91 bits per heavy atom. The van der Waals surface area contributed by atoms with E-state index in [9.17, 15) is 9.59 Å². The van der Waals surface area contributed by atoms with Crippen molar-refractivity contribution in [2.24, 2.45) is 5.92 Å². The number of rotatable bonds is 6. The van der Waals surface area contributed by atoms with Crippen molar-refractivity contribution in [2.45, 2.75) is 57.9 Å². The van der Waals surface area contributed by atoms with Gasteiger partial charge in [-0.2, -0.15) is 0 Å². The van der Waals surface area contributed by atoms with Crippen LogP contribution in [0, 0.1) is 5.92 Å². The van der Waals surface area contributed by atoms with Crippen LogP contribution in [-0.2, 0) is 9.59 Å². The summed E-state index contributed by atoms with van der Waals surface area (Å²) in [5.41, 5.74) is 0. The molecular weight excluding hydrogens is 302 g/mol. The molecule has 22 heavy (non-hydrogen) atoms. The number of halogens is 1. The Bertz CT molecular complexity index is 351. The molecule has 0 aromatic carbocycles. The van der Waals surface area contributed by atoms with E-state index < -0.39 is 0 Å². The number of nitrogens with one attached hydrogen (secondary N) is 2. The lowest BCUT2D eigenvalue weighted by molar-refractivity contribution is -0.137. The molecule has 2 aliphatic rings. The van der Waals surface area contributed by atoms with Crippen LogP contribution in [0.4, 0.5) is 0 Å². The zero-order valence-corrected chi connectivity index (χ0v) is 14.4. The van der Waals surface area contributed by atoms with Gasteiger partial charge in [0.2, 0.25) is 11.8 Å². The highest BCUT2D eigenvalue weighted by Crippen LogP contribution is 2.19. The molecule has 2 aliphatic heterocycles. The Morgan fingerprint density at radius 1 is 1.18 bits per heavy atom. The molecular formula is C16H30ClN3O2. The molecule has 2 N–H and O–H groups in total. The largest absolute Gasteiger partial charge is 0.356 e. The number of carbonyl (C=O) groups excluding carboxylic acids is 2. The summed E-state index contributed by atoms with van der Waals surface area (Å²) in [6, 6.07) is 0.0180. The number of amides is 2. The van der Waals surface area contributed by atoms with Gasteiger partial charge in [0.15, 0.2) is 0 Å². The fraction of sp³-hybridized carbons (Fsp3) is 0.875. The second-order valence-electron chi connectivity index (χ2n) is 6.25. The van der Waals surface area contributed by atoms with Gasteiger partial charge in [0, 0.05) is 25.6 Å². The van der Waals surface area contributed by atoms with Gasteiger partial charge in [0.05, 0.1) is 6.04 Å². The van der Waals surface area contributed by atoms with Crippen molar-refractivity contribution in [1.82, 2.24) is 15.5 Å². The molecule has 0 saturated carbocycles. The monoisotopic (exact) mass is 331 g/mol. The number of nitrogens with zero attached hydrogens (tertiary/aromatic N) is 1. The van der Waals surface area contributed by atoms with Gasteiger partial charge >= 0.3 is 0 Å². The summed E-state index contributed by atoms with van der Waals surface area (Å²) >= 11 is 0. The van der Waals surface area contributed by atoms with Gasteiger partial charge < -0.3 is 15.5 Å². The van der Waals surface area contributed by atoms with Crippen LogP contribution < -0.4 is 10.6 Å². The van der Waals surface area contributed by atoms with Crippen molar-refractivity contribution in [3.63, 3.8) is 0 Å². The molecule has 0 bridgehead atoms. The van der Waals surface area contributed by atoms with Crippen molar-refractivity contribution < 1.29 is 9.59 Å². The first-order valence-corrected chi connectivity index (χ1v) is 8.52. The number of hydrogen-bond donors (Lipinski definition) is 2. The standard InChI is InChI=1S/C16H29N3O2.ClH/c1-2-3-4-9-18-15(20)13-7-11-19(12-8-13)16(21)14-6-5-10-17-14;/h13-14,17H,2-12H2,1H3,(H,18,20);1H. The van der Waals surface area contributed by atoms with E-state index in [1.54, 1.807) is 0 Å². The maximum atomic E-state index is 12.3. The van der Waals surface area contributed by atoms with Crippen LogP contribution in [0.25, 0.3) is 0 Å². The van der Waals surface area contributed by atoms with Crippen LogP contribution in [0.3, 0.4) is 0 Å². The first-order chi connectivity index (χ1) is 10.2. The first-order valence-electron chi connectivity index (χ1n) is 8.52. The predicted octanol–water partition coefficient (Wildman–Crippen LogP) is 1.71. The van der Waals surface area contributed by atoms with Crippen molar-refractivity contribution in [3.8, 4) is 0 Å². The third kappa shape index (κ3) is 5.43. The summed E-state index contributed by atoms with van der Waals surface area (Å²) in [6.07, 6.45) is 7.06. The van der Waals surface area contributed by atoms with E-state index in [1.165, 1.54) is 12.8 Å². The first kappa shape index (κ1) is 19.2. The average Bonchev–Trinajstić information content (AvgIpc) is 3.05. The maximum absolute atomic E-state index is 12.3. The van der Waals surface area contributed by atoms with Gasteiger partial charge in [-0.3, -0.25) is 9.59 Å². The SMILES string of the molecule is CCCCCNC(=O)C1CCN(C(=O)C2CCCN2)CC1.Cl. The number of unbranched alkanes of at least 4 members (excludes halogenated alkanes) is 2. The van der Waals surface area contributed by atoms with Crippen LogP contribution >= 0.6 is 12.4 Å². The molecule has 2 fully saturated rings. The average molecular weight is 332 g/mol. The van der Waals surface area contributed by atoms with Gasteiger partial charge in [-0.25, -0.2) is 0 Å². The summed E-state index contributed by atoms with van der Waals surface area (Å²) < 4.78 is 0. The molecule has 1 atom stereocenters. The zero-order chi connectivity index (χ0) is 15.1. The smallest absolute Gasteiger partial charge is 0.239 e. The lowest BCUT2D eigenvalue weighted by atomic mass is 9.95.